The number of alkyl halides is 2. The molecule has 0 saturated heterocycles. The summed E-state index contributed by atoms with van der Waals surface area (Å²) in [7, 11) is 3.60. The van der Waals surface area contributed by atoms with Gasteiger partial charge >= 0.3 is 6.61 Å². The Morgan fingerprint density at radius 3 is 2.43 bits per heavy atom. The van der Waals surface area contributed by atoms with Crippen molar-refractivity contribution in [1.82, 2.24) is 19.3 Å². The fraction of sp³-hybridized carbons (Fsp3) is 0.316. The molecule has 158 valence electrons. The van der Waals surface area contributed by atoms with Crippen LogP contribution in [0.4, 0.5) is 19.9 Å². The van der Waals surface area contributed by atoms with Gasteiger partial charge in [0.05, 0.1) is 0 Å². The van der Waals surface area contributed by atoms with E-state index in [1.807, 2.05) is 13.8 Å². The number of anilines is 2. The second kappa shape index (κ2) is 9.08. The Morgan fingerprint density at radius 1 is 1.13 bits per heavy atom. The van der Waals surface area contributed by atoms with Gasteiger partial charge in [-0.3, -0.25) is 10.1 Å². The number of hydrogen-bond donors (Lipinski definition) is 1. The number of ether oxygens (including phenoxy) is 1. The Labute approximate surface area is 176 Å². The number of nitrogens with one attached hydrogen (secondary N) is 1. The van der Waals surface area contributed by atoms with Gasteiger partial charge in [0.2, 0.25) is 11.1 Å². The van der Waals surface area contributed by atoms with Crippen LogP contribution in [0.25, 0.3) is 11.4 Å². The van der Waals surface area contributed by atoms with Crippen molar-refractivity contribution < 1.29 is 18.3 Å². The number of rotatable bonds is 7. The van der Waals surface area contributed by atoms with E-state index in [9.17, 15) is 13.6 Å². The predicted octanol–water partition coefficient (Wildman–Crippen LogP) is 4.04. The van der Waals surface area contributed by atoms with E-state index in [-0.39, 0.29) is 17.4 Å². The number of carbonyl (C=O) groups excluding carboxylic acids is 1. The van der Waals surface area contributed by atoms with Crippen molar-refractivity contribution in [3.8, 4) is 17.1 Å². The molecular formula is C19H20F2N6O2S. The molecule has 0 fully saturated rings. The van der Waals surface area contributed by atoms with Gasteiger partial charge in [0, 0.05) is 36.9 Å². The van der Waals surface area contributed by atoms with Crippen LogP contribution in [-0.4, -0.2) is 45.9 Å². The van der Waals surface area contributed by atoms with E-state index in [1.165, 1.54) is 12.1 Å². The largest absolute Gasteiger partial charge is 0.435 e. The molecule has 2 aromatic heterocycles. The number of aromatic nitrogens is 4. The van der Waals surface area contributed by atoms with Crippen molar-refractivity contribution in [3.63, 3.8) is 0 Å². The van der Waals surface area contributed by atoms with Gasteiger partial charge in [-0.05, 0) is 36.2 Å². The summed E-state index contributed by atoms with van der Waals surface area (Å²) in [5.74, 6) is 0.543. The molecule has 0 aliphatic rings. The first-order chi connectivity index (χ1) is 14.2. The lowest BCUT2D eigenvalue weighted by Gasteiger charge is -2.14. The van der Waals surface area contributed by atoms with Gasteiger partial charge in [0.15, 0.2) is 5.82 Å². The monoisotopic (exact) mass is 434 g/mol. The van der Waals surface area contributed by atoms with Gasteiger partial charge in [-0.2, -0.15) is 18.1 Å². The highest BCUT2D eigenvalue weighted by Gasteiger charge is 2.17. The third-order valence-corrected chi connectivity index (χ3v) is 4.57. The van der Waals surface area contributed by atoms with E-state index in [4.69, 9.17) is 0 Å². The first-order valence-electron chi connectivity index (χ1n) is 8.99. The zero-order valence-corrected chi connectivity index (χ0v) is 17.6. The van der Waals surface area contributed by atoms with Crippen LogP contribution in [0.5, 0.6) is 5.75 Å². The van der Waals surface area contributed by atoms with Crippen molar-refractivity contribution in [2.45, 2.75) is 26.4 Å². The SMILES string of the molecule is CC(C)c1cc(C(=O)Nc2nc(-c3ccc(OC(F)F)cc3)ns2)nc(N(C)C)n1. The second-order valence-electron chi connectivity index (χ2n) is 6.81. The Bertz CT molecular complexity index is 998. The lowest BCUT2D eigenvalue weighted by molar-refractivity contribution is -0.0498. The van der Waals surface area contributed by atoms with Gasteiger partial charge in [0.1, 0.15) is 11.4 Å². The molecule has 3 aromatic rings. The number of halogens is 2. The minimum absolute atomic E-state index is 0.0407. The molecule has 0 aliphatic carbocycles. The molecule has 1 amide bonds. The molecule has 2 heterocycles. The van der Waals surface area contributed by atoms with Crippen LogP contribution in [0.15, 0.2) is 30.3 Å². The van der Waals surface area contributed by atoms with Crippen LogP contribution in [0.2, 0.25) is 0 Å². The fourth-order valence-electron chi connectivity index (χ4n) is 2.40. The maximum atomic E-state index is 12.7. The predicted molar refractivity (Wildman–Crippen MR) is 110 cm³/mol. The summed E-state index contributed by atoms with van der Waals surface area (Å²) >= 11 is 1.01. The molecule has 0 saturated carbocycles. The minimum Gasteiger partial charge on any atom is -0.435 e. The maximum absolute atomic E-state index is 12.7. The van der Waals surface area contributed by atoms with Crippen LogP contribution >= 0.6 is 11.5 Å². The van der Waals surface area contributed by atoms with Crippen LogP contribution in [0.1, 0.15) is 35.9 Å². The molecule has 11 heteroatoms. The molecule has 1 N–H and O–H groups in total. The van der Waals surface area contributed by atoms with Crippen molar-refractivity contribution in [1.29, 1.82) is 0 Å². The molecule has 0 unspecified atom stereocenters. The number of nitrogens with zero attached hydrogens (tertiary/aromatic N) is 5. The van der Waals surface area contributed by atoms with E-state index in [2.05, 4.69) is 29.4 Å². The summed E-state index contributed by atoms with van der Waals surface area (Å²) in [6, 6.07) is 7.58. The summed E-state index contributed by atoms with van der Waals surface area (Å²) in [5.41, 5.74) is 1.58. The molecule has 3 rings (SSSR count). The summed E-state index contributed by atoms with van der Waals surface area (Å²) in [6.07, 6.45) is 0. The van der Waals surface area contributed by atoms with Crippen molar-refractivity contribution in [2.24, 2.45) is 0 Å². The zero-order valence-electron chi connectivity index (χ0n) is 16.8. The van der Waals surface area contributed by atoms with E-state index in [0.717, 1.165) is 17.2 Å². The van der Waals surface area contributed by atoms with Gasteiger partial charge in [-0.1, -0.05) is 13.8 Å². The summed E-state index contributed by atoms with van der Waals surface area (Å²) in [5, 5.41) is 2.98. The molecule has 0 radical (unpaired) electrons. The van der Waals surface area contributed by atoms with Gasteiger partial charge < -0.3 is 9.64 Å². The Balaban J connectivity index is 1.76. The van der Waals surface area contributed by atoms with Crippen LogP contribution in [0.3, 0.4) is 0 Å². The first-order valence-corrected chi connectivity index (χ1v) is 9.77. The van der Waals surface area contributed by atoms with Crippen molar-refractivity contribution in [2.75, 3.05) is 24.3 Å². The van der Waals surface area contributed by atoms with E-state index >= 15 is 0 Å². The summed E-state index contributed by atoms with van der Waals surface area (Å²) in [6.45, 7) is 1.08. The molecule has 0 atom stereocenters. The Hall–Kier alpha value is -3.21. The second-order valence-corrected chi connectivity index (χ2v) is 7.56. The maximum Gasteiger partial charge on any atom is 0.387 e. The lowest BCUT2D eigenvalue weighted by Crippen LogP contribution is -2.19. The highest BCUT2D eigenvalue weighted by atomic mass is 32.1. The van der Waals surface area contributed by atoms with Gasteiger partial charge in [-0.25, -0.2) is 9.97 Å². The van der Waals surface area contributed by atoms with Crippen LogP contribution < -0.4 is 15.0 Å². The average Bonchev–Trinajstić information content (AvgIpc) is 3.16. The van der Waals surface area contributed by atoms with Crippen molar-refractivity contribution in [3.05, 3.63) is 41.7 Å². The van der Waals surface area contributed by atoms with E-state index < -0.39 is 12.5 Å². The van der Waals surface area contributed by atoms with Gasteiger partial charge in [0.25, 0.3) is 5.91 Å². The smallest absolute Gasteiger partial charge is 0.387 e. The van der Waals surface area contributed by atoms with Crippen molar-refractivity contribution >= 4 is 28.5 Å². The molecule has 8 nitrogen and oxygen atoms in total. The van der Waals surface area contributed by atoms with Crippen LogP contribution in [-0.2, 0) is 0 Å². The highest BCUT2D eigenvalue weighted by molar-refractivity contribution is 7.10. The Kier molecular flexibility index (Phi) is 6.50. The number of carbonyl (C=O) groups is 1. The highest BCUT2D eigenvalue weighted by Crippen LogP contribution is 2.25. The Morgan fingerprint density at radius 2 is 1.83 bits per heavy atom. The fourth-order valence-corrected chi connectivity index (χ4v) is 2.99. The van der Waals surface area contributed by atoms with Gasteiger partial charge in [-0.15, -0.1) is 0 Å². The summed E-state index contributed by atoms with van der Waals surface area (Å²) in [4.78, 5) is 27.4. The number of benzene rings is 1. The first kappa shape index (κ1) is 21.5. The minimum atomic E-state index is -2.89. The molecule has 1 aromatic carbocycles. The number of amides is 1. The average molecular weight is 434 g/mol. The topological polar surface area (TPSA) is 93.1 Å². The third-order valence-electron chi connectivity index (χ3n) is 3.94. The third kappa shape index (κ3) is 5.23. The molecule has 0 bridgehead atoms. The summed E-state index contributed by atoms with van der Waals surface area (Å²) < 4.78 is 33.0. The molecular weight excluding hydrogens is 414 g/mol. The number of hydrogen-bond acceptors (Lipinski definition) is 8. The zero-order chi connectivity index (χ0) is 21.8. The normalized spacial score (nSPS) is 11.1. The van der Waals surface area contributed by atoms with Crippen LogP contribution in [0, 0.1) is 0 Å². The quantitative estimate of drug-likeness (QED) is 0.600. The molecule has 0 spiro atoms. The van der Waals surface area contributed by atoms with E-state index in [1.54, 1.807) is 37.2 Å². The standard InChI is InChI=1S/C19H20F2N6O2S/c1-10(2)13-9-14(23-18(22-13)27(3)4)16(28)25-19-24-15(26-30-19)11-5-7-12(8-6-11)29-17(20)21/h5-10,17H,1-4H3,(H,24,25,26,28). The molecule has 0 aliphatic heterocycles. The lowest BCUT2D eigenvalue weighted by atomic mass is 10.1. The molecule has 30 heavy (non-hydrogen) atoms. The van der Waals surface area contributed by atoms with E-state index in [0.29, 0.717) is 22.5 Å².